The molecule has 0 aliphatic rings. The van der Waals surface area contributed by atoms with Gasteiger partial charge in [-0.25, -0.2) is 0 Å². The van der Waals surface area contributed by atoms with Crippen LogP contribution in [0.5, 0.6) is 0 Å². The molecule has 0 radical (unpaired) electrons. The number of hydrogen-bond donors (Lipinski definition) is 0. The van der Waals surface area contributed by atoms with Gasteiger partial charge in [0.25, 0.3) is 0 Å². The van der Waals surface area contributed by atoms with E-state index in [2.05, 4.69) is 34.6 Å². The highest BCUT2D eigenvalue weighted by Crippen LogP contribution is 2.27. The second-order valence-corrected chi connectivity index (χ2v) is 11.2. The molecule has 0 aliphatic heterocycles. The zero-order valence-corrected chi connectivity index (χ0v) is 12.7. The third kappa shape index (κ3) is 6.39. The Bertz CT molecular complexity index is 128. The van der Waals surface area contributed by atoms with Crippen molar-refractivity contribution in [2.75, 3.05) is 0 Å². The van der Waals surface area contributed by atoms with Crippen LogP contribution in [0.3, 0.4) is 0 Å². The minimum Gasteiger partial charge on any atom is -0.0678 e. The Morgan fingerprint density at radius 2 is 1.33 bits per heavy atom. The predicted octanol–water partition coefficient (Wildman–Crippen LogP) is 5.71. The first-order chi connectivity index (χ1) is 7.10. The largest absolute Gasteiger partial charge is 0.0678 e. The maximum absolute atomic E-state index is 2.42. The minimum atomic E-state index is -0.795. The molecule has 0 nitrogen and oxygen atoms in total. The average Bonchev–Trinajstić information content (AvgIpc) is 2.24. The van der Waals surface area contributed by atoms with Crippen molar-refractivity contribution in [2.45, 2.75) is 84.5 Å². The minimum absolute atomic E-state index is 0.795. The van der Waals surface area contributed by atoms with Gasteiger partial charge in [0.15, 0.2) is 0 Å². The molecular weight excluding hydrogens is 196 g/mol. The fraction of sp³-hybridized carbons (Fsp3) is 1.00. The summed E-state index contributed by atoms with van der Waals surface area (Å²) in [6, 6.07) is 6.10. The summed E-state index contributed by atoms with van der Waals surface area (Å²) in [5, 5.41) is 0. The molecule has 0 bridgehead atoms. The number of hydrogen-bond acceptors (Lipinski definition) is 0. The van der Waals surface area contributed by atoms with Gasteiger partial charge in [0.1, 0.15) is 0 Å². The SMILES string of the molecule is CC[Si](CC)(CC)CCCCCC(C)C. The first-order valence-corrected chi connectivity index (χ1v) is 9.93. The fourth-order valence-electron chi connectivity index (χ4n) is 2.51. The van der Waals surface area contributed by atoms with E-state index in [9.17, 15) is 0 Å². The topological polar surface area (TPSA) is 0 Å². The van der Waals surface area contributed by atoms with Gasteiger partial charge in [0.05, 0.1) is 8.07 Å². The van der Waals surface area contributed by atoms with E-state index in [0.29, 0.717) is 0 Å². The molecule has 0 aromatic rings. The van der Waals surface area contributed by atoms with Gasteiger partial charge in [0.2, 0.25) is 0 Å². The fourth-order valence-corrected chi connectivity index (χ4v) is 6.07. The highest BCUT2D eigenvalue weighted by atomic mass is 28.3. The van der Waals surface area contributed by atoms with Crippen LogP contribution in [0.15, 0.2) is 0 Å². The second-order valence-electron chi connectivity index (χ2n) is 5.55. The number of unbranched alkanes of at least 4 members (excludes halogenated alkanes) is 2. The standard InChI is InChI=1S/C14H32Si/c1-6-15(7-2,8-3)13-11-9-10-12-14(4)5/h14H,6-13H2,1-5H3. The van der Waals surface area contributed by atoms with Crippen LogP contribution >= 0.6 is 0 Å². The molecule has 0 saturated heterocycles. The Balaban J connectivity index is 3.63. The van der Waals surface area contributed by atoms with Crippen LogP contribution in [0.4, 0.5) is 0 Å². The van der Waals surface area contributed by atoms with Gasteiger partial charge in [0, 0.05) is 0 Å². The molecule has 0 heterocycles. The highest BCUT2D eigenvalue weighted by molar-refractivity contribution is 6.79. The van der Waals surface area contributed by atoms with Crippen molar-refractivity contribution >= 4 is 8.07 Å². The van der Waals surface area contributed by atoms with Gasteiger partial charge < -0.3 is 0 Å². The molecule has 1 heteroatoms. The van der Waals surface area contributed by atoms with E-state index in [4.69, 9.17) is 0 Å². The summed E-state index contributed by atoms with van der Waals surface area (Å²) in [6.45, 7) is 11.9. The Labute approximate surface area is 98.9 Å². The third-order valence-electron chi connectivity index (χ3n) is 4.24. The van der Waals surface area contributed by atoms with E-state index in [0.717, 1.165) is 5.92 Å². The monoisotopic (exact) mass is 228 g/mol. The quantitative estimate of drug-likeness (QED) is 0.350. The summed E-state index contributed by atoms with van der Waals surface area (Å²) in [7, 11) is -0.795. The van der Waals surface area contributed by atoms with Crippen molar-refractivity contribution in [2.24, 2.45) is 5.92 Å². The van der Waals surface area contributed by atoms with Crippen molar-refractivity contribution < 1.29 is 0 Å². The molecule has 0 fully saturated rings. The van der Waals surface area contributed by atoms with Gasteiger partial charge in [-0.3, -0.25) is 0 Å². The lowest BCUT2D eigenvalue weighted by Crippen LogP contribution is -2.30. The summed E-state index contributed by atoms with van der Waals surface area (Å²) in [5.74, 6) is 0.899. The van der Waals surface area contributed by atoms with Gasteiger partial charge in [-0.1, -0.05) is 84.5 Å². The molecule has 0 aromatic heterocycles. The zero-order chi connectivity index (χ0) is 11.7. The van der Waals surface area contributed by atoms with Crippen molar-refractivity contribution in [3.8, 4) is 0 Å². The van der Waals surface area contributed by atoms with E-state index < -0.39 is 8.07 Å². The molecule has 0 aliphatic carbocycles. The second kappa shape index (κ2) is 8.38. The lowest BCUT2D eigenvalue weighted by Gasteiger charge is -2.28. The van der Waals surface area contributed by atoms with Crippen molar-refractivity contribution in [3.05, 3.63) is 0 Å². The van der Waals surface area contributed by atoms with Gasteiger partial charge in [-0.15, -0.1) is 0 Å². The van der Waals surface area contributed by atoms with Crippen molar-refractivity contribution in [1.82, 2.24) is 0 Å². The summed E-state index contributed by atoms with van der Waals surface area (Å²) >= 11 is 0. The molecule has 15 heavy (non-hydrogen) atoms. The number of rotatable bonds is 9. The molecule has 0 N–H and O–H groups in total. The molecule has 0 saturated carbocycles. The van der Waals surface area contributed by atoms with Crippen LogP contribution in [-0.4, -0.2) is 8.07 Å². The maximum atomic E-state index is 2.42. The average molecular weight is 228 g/mol. The van der Waals surface area contributed by atoms with Crippen LogP contribution in [0.1, 0.15) is 60.3 Å². The normalized spacial score (nSPS) is 12.4. The predicted molar refractivity (Wildman–Crippen MR) is 75.3 cm³/mol. The van der Waals surface area contributed by atoms with E-state index >= 15 is 0 Å². The van der Waals surface area contributed by atoms with Crippen LogP contribution in [0.2, 0.25) is 24.2 Å². The lowest BCUT2D eigenvalue weighted by atomic mass is 10.1. The molecule has 0 rings (SSSR count). The van der Waals surface area contributed by atoms with E-state index in [1.54, 1.807) is 6.04 Å². The first-order valence-electron chi connectivity index (χ1n) is 7.10. The molecule has 0 amide bonds. The lowest BCUT2D eigenvalue weighted by molar-refractivity contribution is 0.533. The first kappa shape index (κ1) is 15.2. The highest BCUT2D eigenvalue weighted by Gasteiger charge is 2.25. The molecule has 0 unspecified atom stereocenters. The van der Waals surface area contributed by atoms with Crippen LogP contribution in [0.25, 0.3) is 0 Å². The molecule has 0 aromatic carbocycles. The van der Waals surface area contributed by atoms with Crippen LogP contribution in [-0.2, 0) is 0 Å². The molecule has 92 valence electrons. The van der Waals surface area contributed by atoms with Crippen LogP contribution in [0, 0.1) is 5.92 Å². The van der Waals surface area contributed by atoms with Gasteiger partial charge in [-0.05, 0) is 5.92 Å². The van der Waals surface area contributed by atoms with Gasteiger partial charge >= 0.3 is 0 Å². The summed E-state index contributed by atoms with van der Waals surface area (Å²) in [4.78, 5) is 0. The van der Waals surface area contributed by atoms with Gasteiger partial charge in [-0.2, -0.15) is 0 Å². The molecule has 0 spiro atoms. The van der Waals surface area contributed by atoms with Crippen LogP contribution < -0.4 is 0 Å². The van der Waals surface area contributed by atoms with E-state index in [1.807, 2.05) is 0 Å². The Morgan fingerprint density at radius 3 is 1.73 bits per heavy atom. The van der Waals surface area contributed by atoms with E-state index in [-0.39, 0.29) is 0 Å². The molecular formula is C14H32Si. The Morgan fingerprint density at radius 1 is 0.800 bits per heavy atom. The third-order valence-corrected chi connectivity index (χ3v) is 10.2. The summed E-state index contributed by atoms with van der Waals surface area (Å²) in [6.07, 6.45) is 5.87. The Kier molecular flexibility index (Phi) is 8.50. The summed E-state index contributed by atoms with van der Waals surface area (Å²) < 4.78 is 0. The smallest absolute Gasteiger partial charge is 0.0527 e. The summed E-state index contributed by atoms with van der Waals surface area (Å²) in [5.41, 5.74) is 0. The molecule has 0 atom stereocenters. The maximum Gasteiger partial charge on any atom is 0.0527 e. The van der Waals surface area contributed by atoms with Crippen molar-refractivity contribution in [3.63, 3.8) is 0 Å². The zero-order valence-electron chi connectivity index (χ0n) is 11.7. The Hall–Kier alpha value is 0.217. The van der Waals surface area contributed by atoms with Crippen molar-refractivity contribution in [1.29, 1.82) is 0 Å². The van der Waals surface area contributed by atoms with E-state index in [1.165, 1.54) is 43.8 Å².